The van der Waals surface area contributed by atoms with Gasteiger partial charge in [0.25, 0.3) is 5.91 Å². The van der Waals surface area contributed by atoms with Crippen LogP contribution in [0.15, 0.2) is 71.1 Å². The van der Waals surface area contributed by atoms with E-state index in [2.05, 4.69) is 17.2 Å². The van der Waals surface area contributed by atoms with E-state index in [1.165, 1.54) is 20.3 Å². The Bertz CT molecular complexity index is 1210. The molecular formula is C31H43N3O8. The second-order valence-corrected chi connectivity index (χ2v) is 10.6. The number of ketones is 2. The Balaban J connectivity index is 2.62. The van der Waals surface area contributed by atoms with Gasteiger partial charge in [-0.15, -0.1) is 6.58 Å². The van der Waals surface area contributed by atoms with Crippen LogP contribution < -0.4 is 16.4 Å². The van der Waals surface area contributed by atoms with Gasteiger partial charge in [-0.05, 0) is 38.2 Å². The lowest BCUT2D eigenvalue weighted by Gasteiger charge is -2.30. The molecule has 1 heterocycles. The monoisotopic (exact) mass is 585 g/mol. The molecule has 11 heteroatoms. The van der Waals surface area contributed by atoms with E-state index in [0.717, 1.165) is 6.08 Å². The van der Waals surface area contributed by atoms with Gasteiger partial charge in [-0.1, -0.05) is 44.2 Å². The van der Waals surface area contributed by atoms with Crippen molar-refractivity contribution in [2.75, 3.05) is 20.8 Å². The van der Waals surface area contributed by atoms with Gasteiger partial charge < -0.3 is 35.7 Å². The molecule has 0 aromatic rings. The van der Waals surface area contributed by atoms with Crippen molar-refractivity contribution in [1.29, 1.82) is 0 Å². The summed E-state index contributed by atoms with van der Waals surface area (Å²) in [6.07, 6.45) is 5.34. The summed E-state index contributed by atoms with van der Waals surface area (Å²) in [5.41, 5.74) is 6.42. The van der Waals surface area contributed by atoms with Gasteiger partial charge in [0.1, 0.15) is 6.10 Å². The summed E-state index contributed by atoms with van der Waals surface area (Å²) in [7, 11) is 2.92. The SMILES string of the molecule is C=CCNC1=C2C[C@@H](C)C[C@H](OC)C(O)[C@@H](C)/C=C(\C)[C@H](OC(N)=O)[C@@H](OC)/C=C\C=C(/C)C(=O)NC(=CC1=O)C2=O. The highest BCUT2D eigenvalue weighted by Gasteiger charge is 2.33. The predicted octanol–water partition coefficient (Wildman–Crippen LogP) is 2.54. The van der Waals surface area contributed by atoms with Crippen molar-refractivity contribution in [3.63, 3.8) is 0 Å². The van der Waals surface area contributed by atoms with E-state index in [-0.39, 0.29) is 41.4 Å². The minimum Gasteiger partial charge on any atom is -0.439 e. The van der Waals surface area contributed by atoms with Gasteiger partial charge >= 0.3 is 6.09 Å². The van der Waals surface area contributed by atoms with E-state index in [1.54, 1.807) is 45.1 Å². The highest BCUT2D eigenvalue weighted by atomic mass is 16.6. The average molecular weight is 586 g/mol. The molecule has 0 aromatic carbocycles. The zero-order valence-corrected chi connectivity index (χ0v) is 25.1. The normalized spacial score (nSPS) is 31.6. The maximum atomic E-state index is 13.5. The number of carbonyl (C=O) groups excluding carboxylic acids is 4. The number of rotatable bonds is 6. The van der Waals surface area contributed by atoms with Crippen molar-refractivity contribution in [2.24, 2.45) is 17.6 Å². The number of Topliss-reactive ketones (excluding diaryl/α,β-unsaturated/α-hetero) is 1. The smallest absolute Gasteiger partial charge is 0.405 e. The molecule has 0 radical (unpaired) electrons. The Morgan fingerprint density at radius 1 is 1.21 bits per heavy atom. The van der Waals surface area contributed by atoms with E-state index in [0.29, 0.717) is 12.0 Å². The number of hydrogen-bond acceptors (Lipinski definition) is 9. The molecule has 1 unspecified atom stereocenters. The maximum absolute atomic E-state index is 13.5. The number of nitrogens with one attached hydrogen (secondary N) is 2. The summed E-state index contributed by atoms with van der Waals surface area (Å²) in [4.78, 5) is 51.3. The maximum Gasteiger partial charge on any atom is 0.405 e. The number of primary amides is 1. The molecule has 0 aromatic heterocycles. The number of ether oxygens (including phenoxy) is 3. The molecule has 230 valence electrons. The van der Waals surface area contributed by atoms with Gasteiger partial charge in [0.15, 0.2) is 6.10 Å². The minimum absolute atomic E-state index is 0.132. The van der Waals surface area contributed by atoms with Crippen molar-refractivity contribution >= 4 is 23.6 Å². The first-order chi connectivity index (χ1) is 19.8. The van der Waals surface area contributed by atoms with Crippen LogP contribution in [0.2, 0.25) is 0 Å². The van der Waals surface area contributed by atoms with E-state index in [1.807, 2.05) is 6.92 Å². The van der Waals surface area contributed by atoms with Crippen molar-refractivity contribution in [1.82, 2.24) is 10.6 Å². The van der Waals surface area contributed by atoms with Crippen LogP contribution in [-0.2, 0) is 28.6 Å². The van der Waals surface area contributed by atoms with Crippen molar-refractivity contribution in [3.05, 3.63) is 71.1 Å². The number of hydrogen-bond donors (Lipinski definition) is 4. The molecule has 5 N–H and O–H groups in total. The molecule has 6 atom stereocenters. The van der Waals surface area contributed by atoms with Gasteiger partial charge in [0.2, 0.25) is 11.6 Å². The Kier molecular flexibility index (Phi) is 13.1. The van der Waals surface area contributed by atoms with E-state index in [4.69, 9.17) is 19.9 Å². The Hall–Kier alpha value is -3.80. The minimum atomic E-state index is -1.00. The largest absolute Gasteiger partial charge is 0.439 e. The van der Waals surface area contributed by atoms with Gasteiger partial charge in [-0.3, -0.25) is 14.4 Å². The lowest BCUT2D eigenvalue weighted by Crippen LogP contribution is -2.37. The fraction of sp³-hybridized carbons (Fsp3) is 0.484. The highest BCUT2D eigenvalue weighted by molar-refractivity contribution is 6.23. The van der Waals surface area contributed by atoms with Crippen LogP contribution >= 0.6 is 0 Å². The summed E-state index contributed by atoms with van der Waals surface area (Å²) in [6.45, 7) is 10.9. The molecule has 42 heavy (non-hydrogen) atoms. The van der Waals surface area contributed by atoms with Crippen LogP contribution in [0.4, 0.5) is 4.79 Å². The second kappa shape index (κ2) is 16.0. The predicted molar refractivity (Wildman–Crippen MR) is 158 cm³/mol. The van der Waals surface area contributed by atoms with Crippen molar-refractivity contribution in [2.45, 2.75) is 65.0 Å². The van der Waals surface area contributed by atoms with Crippen molar-refractivity contribution < 1.29 is 38.5 Å². The van der Waals surface area contributed by atoms with Crippen LogP contribution in [0.3, 0.4) is 0 Å². The van der Waals surface area contributed by atoms with Crippen LogP contribution in [0, 0.1) is 11.8 Å². The van der Waals surface area contributed by atoms with Gasteiger partial charge in [0, 0.05) is 43.9 Å². The number of nitrogens with two attached hydrogens (primary N) is 1. The highest BCUT2D eigenvalue weighted by Crippen LogP contribution is 2.28. The van der Waals surface area contributed by atoms with Crippen LogP contribution in [0.5, 0.6) is 0 Å². The Labute approximate surface area is 247 Å². The van der Waals surface area contributed by atoms with E-state index >= 15 is 0 Å². The lowest BCUT2D eigenvalue weighted by molar-refractivity contribution is -0.120. The molecule has 2 rings (SSSR count). The topological polar surface area (TPSA) is 166 Å². The molecular weight excluding hydrogens is 542 g/mol. The summed E-state index contributed by atoms with van der Waals surface area (Å²) in [6, 6.07) is 0. The van der Waals surface area contributed by atoms with E-state index in [9.17, 15) is 24.3 Å². The Morgan fingerprint density at radius 2 is 1.90 bits per heavy atom. The summed E-state index contributed by atoms with van der Waals surface area (Å²) < 4.78 is 16.6. The number of aliphatic hydroxyl groups excluding tert-OH is 1. The number of carbonyl (C=O) groups is 4. The van der Waals surface area contributed by atoms with Gasteiger partial charge in [-0.25, -0.2) is 4.79 Å². The molecule has 2 aliphatic rings. The number of fused-ring (bicyclic) bond motifs is 2. The number of amides is 2. The summed E-state index contributed by atoms with van der Waals surface area (Å²) >= 11 is 0. The zero-order chi connectivity index (χ0) is 31.6. The quantitative estimate of drug-likeness (QED) is 0.271. The first-order valence-electron chi connectivity index (χ1n) is 13.8. The molecule has 0 spiro atoms. The summed E-state index contributed by atoms with van der Waals surface area (Å²) in [5.74, 6) is -2.14. The molecule has 1 aliphatic carbocycles. The Morgan fingerprint density at radius 3 is 2.50 bits per heavy atom. The van der Waals surface area contributed by atoms with Gasteiger partial charge in [0.05, 0.1) is 23.6 Å². The average Bonchev–Trinajstić information content (AvgIpc) is 2.94. The third kappa shape index (κ3) is 9.10. The third-order valence-corrected chi connectivity index (χ3v) is 7.22. The van der Waals surface area contributed by atoms with Crippen molar-refractivity contribution in [3.8, 4) is 0 Å². The fourth-order valence-electron chi connectivity index (χ4n) is 4.95. The second-order valence-electron chi connectivity index (χ2n) is 10.6. The number of allylic oxidation sites excluding steroid dienone is 4. The van der Waals surface area contributed by atoms with Crippen LogP contribution in [0.25, 0.3) is 0 Å². The van der Waals surface area contributed by atoms with Crippen LogP contribution in [-0.4, -0.2) is 73.9 Å². The molecule has 11 nitrogen and oxygen atoms in total. The van der Waals surface area contributed by atoms with E-state index < -0.39 is 53.9 Å². The molecule has 0 saturated carbocycles. The first kappa shape index (κ1) is 34.4. The lowest BCUT2D eigenvalue weighted by atomic mass is 9.85. The molecule has 2 amide bonds. The summed E-state index contributed by atoms with van der Waals surface area (Å²) in [5, 5.41) is 16.7. The first-order valence-corrected chi connectivity index (χ1v) is 13.8. The third-order valence-electron chi connectivity index (χ3n) is 7.22. The number of aliphatic hydroxyl groups is 1. The zero-order valence-electron chi connectivity index (χ0n) is 25.1. The standard InChI is InChI=1S/C31H43N3O8/c1-8-12-33-26-21-13-17(2)14-25(41-7)27(36)19(4)15-20(5)29(42-31(32)39)24(40-6)11-9-10-18(3)30(38)34-22(28(21)37)16-23(26)35/h8-11,15-17,19,24-25,27,29,33,36H,1,12-14H2,2-7H3,(H2,32,39)(H,34,38)/b11-9-,18-10+,20-15+/t17-,19+,24+,25+,27?,29+/m1/s1. The molecule has 2 bridgehead atoms. The van der Waals surface area contributed by atoms with Gasteiger partial charge in [-0.2, -0.15) is 0 Å². The number of methoxy groups -OCH3 is 2. The molecule has 1 aliphatic heterocycles. The molecule has 0 saturated heterocycles. The fourth-order valence-corrected chi connectivity index (χ4v) is 4.95. The van der Waals surface area contributed by atoms with Crippen LogP contribution in [0.1, 0.15) is 40.5 Å². The molecule has 0 fully saturated rings.